The van der Waals surface area contributed by atoms with Crippen LogP contribution in [0.5, 0.6) is 0 Å². The maximum Gasteiger partial charge on any atom is 0.224 e. The molecule has 0 aliphatic heterocycles. The minimum Gasteiger partial charge on any atom is -0.325 e. The number of carbonyl (C=O) groups is 1. The van der Waals surface area contributed by atoms with Crippen molar-refractivity contribution in [1.29, 1.82) is 0 Å². The van der Waals surface area contributed by atoms with E-state index < -0.39 is 0 Å². The first-order valence-corrected chi connectivity index (χ1v) is 7.71. The van der Waals surface area contributed by atoms with E-state index in [4.69, 9.17) is 11.6 Å². The number of rotatable bonds is 5. The number of amides is 1. The van der Waals surface area contributed by atoms with Crippen LogP contribution in [0.1, 0.15) is 19.8 Å². The molecule has 20 heavy (non-hydrogen) atoms. The van der Waals surface area contributed by atoms with Gasteiger partial charge in [-0.15, -0.1) is 0 Å². The highest BCUT2D eigenvalue weighted by Crippen LogP contribution is 2.35. The van der Waals surface area contributed by atoms with Gasteiger partial charge in [0.2, 0.25) is 5.91 Å². The van der Waals surface area contributed by atoms with Crippen LogP contribution >= 0.6 is 23.4 Å². The molecule has 0 unspecified atom stereocenters. The predicted molar refractivity (Wildman–Crippen MR) is 85.6 cm³/mol. The summed E-state index contributed by atoms with van der Waals surface area (Å²) in [7, 11) is 0. The maximum absolute atomic E-state index is 11.8. The summed E-state index contributed by atoms with van der Waals surface area (Å²) in [4.78, 5) is 13.9. The highest BCUT2D eigenvalue weighted by Gasteiger charge is 2.08. The second-order valence-corrected chi connectivity index (χ2v) is 5.91. The molecule has 0 saturated heterocycles. The van der Waals surface area contributed by atoms with Crippen LogP contribution in [-0.4, -0.2) is 5.91 Å². The molecule has 0 aliphatic rings. The van der Waals surface area contributed by atoms with Crippen LogP contribution in [0.25, 0.3) is 0 Å². The van der Waals surface area contributed by atoms with Crippen LogP contribution < -0.4 is 5.32 Å². The maximum atomic E-state index is 11.8. The second-order valence-electron chi connectivity index (χ2n) is 4.35. The van der Waals surface area contributed by atoms with E-state index in [2.05, 4.69) is 5.32 Å². The van der Waals surface area contributed by atoms with E-state index >= 15 is 0 Å². The van der Waals surface area contributed by atoms with Gasteiger partial charge in [-0.05, 0) is 36.8 Å². The monoisotopic (exact) mass is 305 g/mol. The van der Waals surface area contributed by atoms with Crippen LogP contribution in [0.2, 0.25) is 5.02 Å². The van der Waals surface area contributed by atoms with Crippen molar-refractivity contribution in [2.24, 2.45) is 0 Å². The number of carbonyl (C=O) groups excluding carboxylic acids is 1. The summed E-state index contributed by atoms with van der Waals surface area (Å²) in [5.74, 6) is 0.0182. The highest BCUT2D eigenvalue weighted by molar-refractivity contribution is 7.99. The van der Waals surface area contributed by atoms with Crippen LogP contribution in [0.4, 0.5) is 5.69 Å². The number of halogens is 1. The number of hydrogen-bond acceptors (Lipinski definition) is 2. The summed E-state index contributed by atoms with van der Waals surface area (Å²) in [5, 5.41) is 3.55. The van der Waals surface area contributed by atoms with E-state index in [1.165, 1.54) is 0 Å². The lowest BCUT2D eigenvalue weighted by Gasteiger charge is -2.11. The van der Waals surface area contributed by atoms with Crippen molar-refractivity contribution in [3.8, 4) is 0 Å². The van der Waals surface area contributed by atoms with Gasteiger partial charge >= 0.3 is 0 Å². The first-order valence-electron chi connectivity index (χ1n) is 6.51. The minimum absolute atomic E-state index is 0.0182. The van der Waals surface area contributed by atoms with Gasteiger partial charge in [0.1, 0.15) is 0 Å². The predicted octanol–water partition coefficient (Wildman–Crippen LogP) is 5.23. The topological polar surface area (TPSA) is 29.1 Å². The van der Waals surface area contributed by atoms with Gasteiger partial charge in [0.15, 0.2) is 0 Å². The van der Waals surface area contributed by atoms with Gasteiger partial charge in [0, 0.05) is 21.2 Å². The normalized spacial score (nSPS) is 10.3. The fourth-order valence-electron chi connectivity index (χ4n) is 1.74. The molecule has 0 fully saturated rings. The molecule has 104 valence electrons. The molecule has 0 atom stereocenters. The van der Waals surface area contributed by atoms with Crippen molar-refractivity contribution >= 4 is 35.0 Å². The molecular formula is C16H16ClNOS. The van der Waals surface area contributed by atoms with Gasteiger partial charge in [-0.2, -0.15) is 0 Å². The van der Waals surface area contributed by atoms with Crippen molar-refractivity contribution < 1.29 is 4.79 Å². The summed E-state index contributed by atoms with van der Waals surface area (Å²) in [6, 6.07) is 15.6. The van der Waals surface area contributed by atoms with Gasteiger partial charge in [-0.3, -0.25) is 4.79 Å². The average Bonchev–Trinajstić information content (AvgIpc) is 2.43. The van der Waals surface area contributed by atoms with E-state index in [0.29, 0.717) is 11.4 Å². The van der Waals surface area contributed by atoms with Crippen molar-refractivity contribution in [2.75, 3.05) is 5.32 Å². The summed E-state index contributed by atoms with van der Waals surface area (Å²) in [5.41, 5.74) is 0.768. The van der Waals surface area contributed by atoms with Crippen molar-refractivity contribution in [3.63, 3.8) is 0 Å². The van der Waals surface area contributed by atoms with Gasteiger partial charge in [0.05, 0.1) is 5.69 Å². The summed E-state index contributed by atoms with van der Waals surface area (Å²) >= 11 is 7.63. The van der Waals surface area contributed by atoms with Gasteiger partial charge in [-0.1, -0.05) is 48.5 Å². The number of hydrogen-bond donors (Lipinski definition) is 1. The molecule has 0 heterocycles. The summed E-state index contributed by atoms with van der Waals surface area (Å²) < 4.78 is 0. The summed E-state index contributed by atoms with van der Waals surface area (Å²) in [6.45, 7) is 1.98. The lowest BCUT2D eigenvalue weighted by atomic mass is 10.3. The molecule has 1 amide bonds. The van der Waals surface area contributed by atoms with E-state index in [9.17, 15) is 4.79 Å². The Hall–Kier alpha value is -1.45. The quantitative estimate of drug-likeness (QED) is 0.819. The van der Waals surface area contributed by atoms with Crippen molar-refractivity contribution in [1.82, 2.24) is 0 Å². The zero-order valence-electron chi connectivity index (χ0n) is 11.2. The highest BCUT2D eigenvalue weighted by atomic mass is 35.5. The molecule has 2 rings (SSSR count). The Kier molecular flexibility index (Phi) is 5.50. The molecule has 2 aromatic carbocycles. The third-order valence-corrected chi connectivity index (χ3v) is 3.98. The van der Waals surface area contributed by atoms with E-state index in [-0.39, 0.29) is 5.91 Å². The van der Waals surface area contributed by atoms with E-state index in [1.54, 1.807) is 17.8 Å². The second kappa shape index (κ2) is 7.36. The van der Waals surface area contributed by atoms with E-state index in [0.717, 1.165) is 21.9 Å². The first-order chi connectivity index (χ1) is 9.69. The third-order valence-electron chi connectivity index (χ3n) is 2.66. The average molecular weight is 306 g/mol. The molecule has 4 heteroatoms. The zero-order valence-corrected chi connectivity index (χ0v) is 12.8. The summed E-state index contributed by atoms with van der Waals surface area (Å²) in [6.07, 6.45) is 1.34. The SMILES string of the molecule is CCCC(=O)Nc1cc(Cl)ccc1Sc1ccccc1. The minimum atomic E-state index is 0.0182. The van der Waals surface area contributed by atoms with Crippen LogP contribution in [-0.2, 0) is 4.79 Å². The van der Waals surface area contributed by atoms with Gasteiger partial charge in [0.25, 0.3) is 0 Å². The molecule has 2 aromatic rings. The third kappa shape index (κ3) is 4.29. The standard InChI is InChI=1S/C16H16ClNOS/c1-2-6-16(19)18-14-11-12(17)9-10-15(14)20-13-7-4-3-5-8-13/h3-5,7-11H,2,6H2,1H3,(H,18,19). The smallest absolute Gasteiger partial charge is 0.224 e. The lowest BCUT2D eigenvalue weighted by Crippen LogP contribution is -2.11. The fourth-order valence-corrected chi connectivity index (χ4v) is 2.82. The van der Waals surface area contributed by atoms with Gasteiger partial charge < -0.3 is 5.32 Å². The Balaban J connectivity index is 2.21. The molecule has 0 spiro atoms. The fraction of sp³-hybridized carbons (Fsp3) is 0.188. The Morgan fingerprint density at radius 3 is 2.65 bits per heavy atom. The number of benzene rings is 2. The molecule has 2 nitrogen and oxygen atoms in total. The van der Waals surface area contributed by atoms with Gasteiger partial charge in [-0.25, -0.2) is 0 Å². The molecule has 0 aliphatic carbocycles. The molecule has 0 aromatic heterocycles. The Labute approximate surface area is 128 Å². The Morgan fingerprint density at radius 1 is 1.20 bits per heavy atom. The number of nitrogens with one attached hydrogen (secondary N) is 1. The molecular weight excluding hydrogens is 290 g/mol. The lowest BCUT2D eigenvalue weighted by molar-refractivity contribution is -0.116. The molecule has 0 radical (unpaired) electrons. The molecule has 1 N–H and O–H groups in total. The van der Waals surface area contributed by atoms with Crippen molar-refractivity contribution in [2.45, 2.75) is 29.6 Å². The zero-order chi connectivity index (χ0) is 14.4. The van der Waals surface area contributed by atoms with Crippen LogP contribution in [0.15, 0.2) is 58.3 Å². The van der Waals surface area contributed by atoms with Crippen LogP contribution in [0, 0.1) is 0 Å². The Morgan fingerprint density at radius 2 is 1.95 bits per heavy atom. The van der Waals surface area contributed by atoms with Crippen molar-refractivity contribution in [3.05, 3.63) is 53.6 Å². The van der Waals surface area contributed by atoms with Crippen LogP contribution in [0.3, 0.4) is 0 Å². The molecule has 0 bridgehead atoms. The molecule has 0 saturated carbocycles. The largest absolute Gasteiger partial charge is 0.325 e. The van der Waals surface area contributed by atoms with E-state index in [1.807, 2.05) is 49.4 Å². The first kappa shape index (κ1) is 14.9. The Bertz CT molecular complexity index is 586. The number of anilines is 1.